The van der Waals surface area contributed by atoms with E-state index in [1.165, 1.54) is 0 Å². The summed E-state index contributed by atoms with van der Waals surface area (Å²) >= 11 is 2.35. The first kappa shape index (κ1) is 7.34. The monoisotopic (exact) mass is 262 g/mol. The van der Waals surface area contributed by atoms with E-state index in [0.717, 1.165) is 16.9 Å². The molecule has 0 aliphatic carbocycles. The Morgan fingerprint density at radius 1 is 1.64 bits per heavy atom. The molecule has 1 atom stereocenters. The van der Waals surface area contributed by atoms with Gasteiger partial charge in [0.1, 0.15) is 0 Å². The molecule has 1 aliphatic heterocycles. The Balaban J connectivity index is 2.27. The van der Waals surface area contributed by atoms with Gasteiger partial charge in [-0.15, -0.1) is 0 Å². The molecular weight excluding hydrogens is 253 g/mol. The maximum absolute atomic E-state index is 5.61. The molecule has 1 unspecified atom stereocenters. The molecule has 0 aromatic carbocycles. The molecule has 0 amide bonds. The van der Waals surface area contributed by atoms with Crippen LogP contribution in [0.4, 0.5) is 0 Å². The van der Waals surface area contributed by atoms with Crippen LogP contribution in [0, 0.1) is 0 Å². The van der Waals surface area contributed by atoms with Gasteiger partial charge in [-0.3, -0.25) is 0 Å². The van der Waals surface area contributed by atoms with Gasteiger partial charge in [-0.2, -0.15) is 4.57 Å². The van der Waals surface area contributed by atoms with Crippen molar-refractivity contribution >= 4 is 22.6 Å². The lowest BCUT2D eigenvalue weighted by molar-refractivity contribution is -0.681. The van der Waals surface area contributed by atoms with Crippen molar-refractivity contribution in [3.63, 3.8) is 0 Å². The summed E-state index contributed by atoms with van der Waals surface area (Å²) < 4.78 is 8.81. The largest absolute Gasteiger partial charge is 0.433 e. The summed E-state index contributed by atoms with van der Waals surface area (Å²) in [5.74, 6) is 0.995. The van der Waals surface area contributed by atoms with Gasteiger partial charge in [0.15, 0.2) is 18.8 Å². The van der Waals surface area contributed by atoms with Crippen molar-refractivity contribution < 1.29 is 9.30 Å². The normalized spacial score (nSPS) is 21.0. The third-order valence-electron chi connectivity index (χ3n) is 1.76. The quantitative estimate of drug-likeness (QED) is 0.420. The van der Waals surface area contributed by atoms with E-state index in [9.17, 15) is 0 Å². The van der Waals surface area contributed by atoms with Crippen LogP contribution in [-0.4, -0.2) is 10.5 Å². The summed E-state index contributed by atoms with van der Waals surface area (Å²) in [7, 11) is 0. The molecule has 1 aromatic heterocycles. The summed E-state index contributed by atoms with van der Waals surface area (Å²) in [5.41, 5.74) is 0. The van der Waals surface area contributed by atoms with E-state index >= 15 is 0 Å². The number of hydrogen-bond acceptors (Lipinski definition) is 1. The van der Waals surface area contributed by atoms with Crippen LogP contribution in [-0.2, 0) is 6.54 Å². The molecule has 0 saturated heterocycles. The third kappa shape index (κ3) is 1.34. The number of hydrogen-bond donors (Lipinski definition) is 0. The zero-order valence-corrected chi connectivity index (χ0v) is 8.19. The van der Waals surface area contributed by atoms with Crippen molar-refractivity contribution in [1.29, 1.82) is 0 Å². The Morgan fingerprint density at radius 2 is 2.55 bits per heavy atom. The highest BCUT2D eigenvalue weighted by atomic mass is 127. The molecule has 58 valence electrons. The molecular formula is C8H9INO+. The Kier molecular flexibility index (Phi) is 1.98. The Labute approximate surface area is 79.3 Å². The van der Waals surface area contributed by atoms with Crippen LogP contribution in [0.5, 0.6) is 5.88 Å². The molecule has 0 spiro atoms. The average Bonchev–Trinajstić information content (AvgIpc) is 2.46. The van der Waals surface area contributed by atoms with Crippen LogP contribution >= 0.6 is 22.6 Å². The van der Waals surface area contributed by atoms with Gasteiger partial charge in [0.2, 0.25) is 0 Å². The van der Waals surface area contributed by atoms with Crippen molar-refractivity contribution in [1.82, 2.24) is 0 Å². The van der Waals surface area contributed by atoms with Gasteiger partial charge in [-0.05, 0) is 6.07 Å². The number of halogens is 1. The summed E-state index contributed by atoms with van der Waals surface area (Å²) in [5, 5.41) is 0. The van der Waals surface area contributed by atoms with Gasteiger partial charge in [-0.25, -0.2) is 0 Å². The summed E-state index contributed by atoms with van der Waals surface area (Å²) in [4.78, 5) is 0. The SMILES string of the molecule is ICC1C[n+]2ccccc2O1. The molecule has 11 heavy (non-hydrogen) atoms. The molecule has 0 bridgehead atoms. The first-order valence-corrected chi connectivity index (χ1v) is 5.14. The van der Waals surface area contributed by atoms with Gasteiger partial charge < -0.3 is 4.74 Å². The lowest BCUT2D eigenvalue weighted by atomic mass is 10.4. The fraction of sp³-hybridized carbons (Fsp3) is 0.375. The molecule has 0 radical (unpaired) electrons. The number of rotatable bonds is 1. The minimum absolute atomic E-state index is 0.373. The number of alkyl halides is 1. The van der Waals surface area contributed by atoms with Gasteiger partial charge in [-0.1, -0.05) is 22.6 Å². The molecule has 1 aliphatic rings. The number of ether oxygens (including phenoxy) is 1. The predicted octanol–water partition coefficient (Wildman–Crippen LogP) is 1.17. The van der Waals surface area contributed by atoms with E-state index in [4.69, 9.17) is 4.74 Å². The smallest absolute Gasteiger partial charge is 0.368 e. The second-order valence-electron chi connectivity index (χ2n) is 2.59. The van der Waals surface area contributed by atoms with Crippen molar-refractivity contribution in [2.75, 3.05) is 4.43 Å². The minimum atomic E-state index is 0.373. The Hall–Kier alpha value is -0.320. The molecule has 2 nitrogen and oxygen atoms in total. The molecule has 1 aromatic rings. The van der Waals surface area contributed by atoms with Crippen molar-refractivity contribution in [2.45, 2.75) is 12.6 Å². The second-order valence-corrected chi connectivity index (χ2v) is 3.47. The first-order valence-electron chi connectivity index (χ1n) is 3.61. The topological polar surface area (TPSA) is 13.1 Å². The highest BCUT2D eigenvalue weighted by Gasteiger charge is 2.27. The first-order chi connectivity index (χ1) is 5.40. The number of pyridine rings is 1. The maximum atomic E-state index is 5.61. The summed E-state index contributed by atoms with van der Waals surface area (Å²) in [6.45, 7) is 0.999. The van der Waals surface area contributed by atoms with Crippen LogP contribution in [0.2, 0.25) is 0 Å². The average molecular weight is 262 g/mol. The predicted molar refractivity (Wildman–Crippen MR) is 49.9 cm³/mol. The van der Waals surface area contributed by atoms with E-state index in [2.05, 4.69) is 33.4 Å². The van der Waals surface area contributed by atoms with Crippen LogP contribution in [0.1, 0.15) is 0 Å². The van der Waals surface area contributed by atoms with Crippen molar-refractivity contribution in [2.24, 2.45) is 0 Å². The fourth-order valence-corrected chi connectivity index (χ4v) is 1.68. The zero-order chi connectivity index (χ0) is 7.68. The molecule has 0 N–H and O–H groups in total. The number of aromatic nitrogens is 1. The van der Waals surface area contributed by atoms with Crippen LogP contribution in [0.3, 0.4) is 0 Å². The number of nitrogens with zero attached hydrogens (tertiary/aromatic N) is 1. The van der Waals surface area contributed by atoms with Gasteiger partial charge in [0.05, 0.1) is 6.07 Å². The highest BCUT2D eigenvalue weighted by Crippen LogP contribution is 2.13. The summed E-state index contributed by atoms with van der Waals surface area (Å²) in [6, 6.07) is 6.04. The van der Waals surface area contributed by atoms with E-state index in [1.54, 1.807) is 0 Å². The summed E-state index contributed by atoms with van der Waals surface area (Å²) in [6.07, 6.45) is 2.43. The lowest BCUT2D eigenvalue weighted by Crippen LogP contribution is -2.32. The molecule has 3 heteroatoms. The van der Waals surface area contributed by atoms with E-state index in [-0.39, 0.29) is 0 Å². The standard InChI is InChI=1S/C8H9INO/c9-5-7-6-10-4-2-1-3-8(10)11-7/h1-4,7H,5-6H2/q+1. The molecule has 2 rings (SSSR count). The van der Waals surface area contributed by atoms with Crippen LogP contribution < -0.4 is 9.30 Å². The molecule has 0 saturated carbocycles. The van der Waals surface area contributed by atoms with Crippen LogP contribution in [0.25, 0.3) is 0 Å². The lowest BCUT2D eigenvalue weighted by Gasteiger charge is -1.96. The van der Waals surface area contributed by atoms with E-state index in [0.29, 0.717) is 6.10 Å². The van der Waals surface area contributed by atoms with Crippen molar-refractivity contribution in [3.05, 3.63) is 24.4 Å². The van der Waals surface area contributed by atoms with E-state index < -0.39 is 0 Å². The van der Waals surface area contributed by atoms with Crippen molar-refractivity contribution in [3.8, 4) is 5.88 Å². The Bertz CT molecular complexity index is 239. The maximum Gasteiger partial charge on any atom is 0.368 e. The molecule has 0 fully saturated rings. The zero-order valence-electron chi connectivity index (χ0n) is 6.03. The second kappa shape index (κ2) is 2.97. The van der Waals surface area contributed by atoms with Gasteiger partial charge in [0, 0.05) is 10.5 Å². The third-order valence-corrected chi connectivity index (χ3v) is 2.74. The number of fused-ring (bicyclic) bond motifs is 1. The highest BCUT2D eigenvalue weighted by molar-refractivity contribution is 14.1. The fourth-order valence-electron chi connectivity index (χ4n) is 1.23. The van der Waals surface area contributed by atoms with Gasteiger partial charge >= 0.3 is 5.88 Å². The molecule has 2 heterocycles. The van der Waals surface area contributed by atoms with Gasteiger partial charge in [0.25, 0.3) is 0 Å². The van der Waals surface area contributed by atoms with E-state index in [1.807, 2.05) is 18.2 Å². The Morgan fingerprint density at radius 3 is 3.27 bits per heavy atom. The van der Waals surface area contributed by atoms with Crippen LogP contribution in [0.15, 0.2) is 24.4 Å². The minimum Gasteiger partial charge on any atom is -0.433 e.